The van der Waals surface area contributed by atoms with Crippen molar-refractivity contribution in [2.24, 2.45) is 0 Å². The van der Waals surface area contributed by atoms with Gasteiger partial charge in [-0.05, 0) is 30.7 Å². The van der Waals surface area contributed by atoms with E-state index in [9.17, 15) is 4.79 Å². The van der Waals surface area contributed by atoms with Crippen molar-refractivity contribution in [3.05, 3.63) is 30.1 Å². The first-order valence-corrected chi connectivity index (χ1v) is 5.19. The number of nitrogens with zero attached hydrogens (tertiary/aromatic N) is 1. The summed E-state index contributed by atoms with van der Waals surface area (Å²) >= 11 is 0. The van der Waals surface area contributed by atoms with E-state index in [1.54, 1.807) is 12.4 Å². The summed E-state index contributed by atoms with van der Waals surface area (Å²) in [5, 5.41) is 5.88. The minimum Gasteiger partial charge on any atom is -0.351 e. The lowest BCUT2D eigenvalue weighted by Crippen LogP contribution is -2.33. The fraction of sp³-hybridized carbons (Fsp3) is 0.455. The maximum atomic E-state index is 11.3. The summed E-state index contributed by atoms with van der Waals surface area (Å²) in [5.74, 6) is 0.0280. The van der Waals surface area contributed by atoms with E-state index < -0.39 is 0 Å². The highest BCUT2D eigenvalue weighted by Gasteiger charge is 1.99. The molecule has 1 aromatic rings. The Bertz CT molecular complexity index is 287. The number of carbonyl (C=O) groups excluding carboxylic acids is 1. The Morgan fingerprint density at radius 3 is 2.80 bits per heavy atom. The molecule has 0 unspecified atom stereocenters. The van der Waals surface area contributed by atoms with E-state index in [2.05, 4.69) is 22.5 Å². The summed E-state index contributed by atoms with van der Waals surface area (Å²) in [6, 6.07) is 3.78. The van der Waals surface area contributed by atoms with Gasteiger partial charge < -0.3 is 10.6 Å². The Labute approximate surface area is 90.1 Å². The molecule has 0 saturated carbocycles. The molecule has 4 nitrogen and oxygen atoms in total. The van der Waals surface area contributed by atoms with Crippen LogP contribution in [-0.4, -0.2) is 24.0 Å². The molecule has 82 valence electrons. The Morgan fingerprint density at radius 2 is 2.13 bits per heavy atom. The summed E-state index contributed by atoms with van der Waals surface area (Å²) < 4.78 is 0. The monoisotopic (exact) mass is 207 g/mol. The van der Waals surface area contributed by atoms with E-state index >= 15 is 0 Å². The standard InChI is InChI=1S/C11H17N3O/c1-2-5-13-9-11(15)14-8-10-3-6-12-7-4-10/h3-4,6-7,13H,2,5,8-9H2,1H3,(H,14,15). The summed E-state index contributed by atoms with van der Waals surface area (Å²) in [6.45, 7) is 3.90. The Balaban J connectivity index is 2.17. The second kappa shape index (κ2) is 6.95. The van der Waals surface area contributed by atoms with Crippen LogP contribution in [0.5, 0.6) is 0 Å². The fourth-order valence-corrected chi connectivity index (χ4v) is 1.14. The lowest BCUT2D eigenvalue weighted by Gasteiger charge is -2.05. The maximum Gasteiger partial charge on any atom is 0.234 e. The van der Waals surface area contributed by atoms with Crippen molar-refractivity contribution < 1.29 is 4.79 Å². The van der Waals surface area contributed by atoms with Gasteiger partial charge in [-0.25, -0.2) is 0 Å². The third-order valence-corrected chi connectivity index (χ3v) is 1.95. The average molecular weight is 207 g/mol. The molecular weight excluding hydrogens is 190 g/mol. The molecule has 0 aromatic carbocycles. The molecule has 0 spiro atoms. The normalized spacial score (nSPS) is 9.93. The molecule has 1 rings (SSSR count). The van der Waals surface area contributed by atoms with Gasteiger partial charge in [0.2, 0.25) is 5.91 Å². The molecular formula is C11H17N3O. The van der Waals surface area contributed by atoms with Gasteiger partial charge in [0.05, 0.1) is 6.54 Å². The molecule has 0 bridgehead atoms. The summed E-state index contributed by atoms with van der Waals surface area (Å²) in [4.78, 5) is 15.2. The van der Waals surface area contributed by atoms with Gasteiger partial charge in [0.15, 0.2) is 0 Å². The molecule has 2 N–H and O–H groups in total. The van der Waals surface area contributed by atoms with Crippen LogP contribution in [0.15, 0.2) is 24.5 Å². The number of hydrogen-bond donors (Lipinski definition) is 2. The van der Waals surface area contributed by atoms with Crippen molar-refractivity contribution in [3.8, 4) is 0 Å². The van der Waals surface area contributed by atoms with Crippen molar-refractivity contribution in [3.63, 3.8) is 0 Å². The predicted molar refractivity (Wildman–Crippen MR) is 59.2 cm³/mol. The SMILES string of the molecule is CCCNCC(=O)NCc1ccncc1. The van der Waals surface area contributed by atoms with E-state index in [4.69, 9.17) is 0 Å². The summed E-state index contributed by atoms with van der Waals surface area (Å²) in [7, 11) is 0. The van der Waals surface area contributed by atoms with Crippen LogP contribution >= 0.6 is 0 Å². The van der Waals surface area contributed by atoms with Crippen molar-refractivity contribution in [1.29, 1.82) is 0 Å². The zero-order valence-electron chi connectivity index (χ0n) is 8.99. The molecule has 0 aliphatic heterocycles. The molecule has 0 radical (unpaired) electrons. The van der Waals surface area contributed by atoms with E-state index in [1.807, 2.05) is 12.1 Å². The lowest BCUT2D eigenvalue weighted by molar-refractivity contribution is -0.120. The van der Waals surface area contributed by atoms with Gasteiger partial charge in [0, 0.05) is 18.9 Å². The zero-order chi connectivity index (χ0) is 10.9. The van der Waals surface area contributed by atoms with Crippen LogP contribution in [0.25, 0.3) is 0 Å². The predicted octanol–water partition coefficient (Wildman–Crippen LogP) is 0.697. The minimum absolute atomic E-state index is 0.0280. The molecule has 1 heterocycles. The van der Waals surface area contributed by atoms with Gasteiger partial charge in [0.1, 0.15) is 0 Å². The van der Waals surface area contributed by atoms with Crippen LogP contribution in [0.1, 0.15) is 18.9 Å². The molecule has 15 heavy (non-hydrogen) atoms. The van der Waals surface area contributed by atoms with Crippen molar-refractivity contribution in [2.75, 3.05) is 13.1 Å². The average Bonchev–Trinajstić information content (AvgIpc) is 2.28. The fourth-order valence-electron chi connectivity index (χ4n) is 1.14. The van der Waals surface area contributed by atoms with Crippen LogP contribution in [-0.2, 0) is 11.3 Å². The Kier molecular flexibility index (Phi) is 5.40. The zero-order valence-corrected chi connectivity index (χ0v) is 8.99. The number of amides is 1. The summed E-state index contributed by atoms with van der Waals surface area (Å²) in [5.41, 5.74) is 1.06. The van der Waals surface area contributed by atoms with E-state index in [-0.39, 0.29) is 5.91 Å². The van der Waals surface area contributed by atoms with Gasteiger partial charge in [0.25, 0.3) is 0 Å². The second-order valence-corrected chi connectivity index (χ2v) is 3.31. The number of aromatic nitrogens is 1. The highest BCUT2D eigenvalue weighted by atomic mass is 16.1. The van der Waals surface area contributed by atoms with Gasteiger partial charge >= 0.3 is 0 Å². The van der Waals surface area contributed by atoms with Gasteiger partial charge in [-0.2, -0.15) is 0 Å². The molecule has 0 aliphatic rings. The molecule has 0 atom stereocenters. The number of pyridine rings is 1. The molecule has 0 fully saturated rings. The van der Waals surface area contributed by atoms with Crippen molar-refractivity contribution in [1.82, 2.24) is 15.6 Å². The molecule has 0 aliphatic carbocycles. The van der Waals surface area contributed by atoms with Gasteiger partial charge in [-0.15, -0.1) is 0 Å². The molecule has 4 heteroatoms. The first-order chi connectivity index (χ1) is 7.33. The van der Waals surface area contributed by atoms with Gasteiger partial charge in [-0.1, -0.05) is 6.92 Å². The van der Waals surface area contributed by atoms with E-state index in [1.165, 1.54) is 0 Å². The first kappa shape index (κ1) is 11.7. The minimum atomic E-state index is 0.0280. The van der Waals surface area contributed by atoms with Crippen LogP contribution in [0.3, 0.4) is 0 Å². The highest BCUT2D eigenvalue weighted by Crippen LogP contribution is 1.94. The lowest BCUT2D eigenvalue weighted by atomic mass is 10.3. The highest BCUT2D eigenvalue weighted by molar-refractivity contribution is 5.77. The van der Waals surface area contributed by atoms with Crippen LogP contribution in [0.2, 0.25) is 0 Å². The Hall–Kier alpha value is -1.42. The van der Waals surface area contributed by atoms with Gasteiger partial charge in [-0.3, -0.25) is 9.78 Å². The number of rotatable bonds is 6. The quantitative estimate of drug-likeness (QED) is 0.675. The molecule has 1 aromatic heterocycles. The molecule has 1 amide bonds. The van der Waals surface area contributed by atoms with Crippen molar-refractivity contribution >= 4 is 5.91 Å². The third-order valence-electron chi connectivity index (χ3n) is 1.95. The molecule has 0 saturated heterocycles. The number of carbonyl (C=O) groups is 1. The van der Waals surface area contributed by atoms with Crippen LogP contribution < -0.4 is 10.6 Å². The third kappa shape index (κ3) is 5.12. The number of nitrogens with one attached hydrogen (secondary N) is 2. The number of hydrogen-bond acceptors (Lipinski definition) is 3. The van der Waals surface area contributed by atoms with E-state index in [0.717, 1.165) is 18.5 Å². The Morgan fingerprint density at radius 1 is 1.40 bits per heavy atom. The maximum absolute atomic E-state index is 11.3. The van der Waals surface area contributed by atoms with E-state index in [0.29, 0.717) is 13.1 Å². The second-order valence-electron chi connectivity index (χ2n) is 3.31. The van der Waals surface area contributed by atoms with Crippen LogP contribution in [0.4, 0.5) is 0 Å². The summed E-state index contributed by atoms with van der Waals surface area (Å²) in [6.07, 6.45) is 4.48. The first-order valence-electron chi connectivity index (χ1n) is 5.19. The van der Waals surface area contributed by atoms with Crippen molar-refractivity contribution in [2.45, 2.75) is 19.9 Å². The largest absolute Gasteiger partial charge is 0.351 e. The smallest absolute Gasteiger partial charge is 0.234 e. The van der Waals surface area contributed by atoms with Crippen LogP contribution in [0, 0.1) is 0 Å². The topological polar surface area (TPSA) is 54.0 Å².